The van der Waals surface area contributed by atoms with Crippen LogP contribution >= 0.6 is 0 Å². The minimum Gasteiger partial charge on any atom is -0.358 e. The molecule has 0 aliphatic carbocycles. The van der Waals surface area contributed by atoms with Gasteiger partial charge in [0.1, 0.15) is 0 Å². The first-order valence-electron chi connectivity index (χ1n) is 2.33. The molecule has 0 saturated carbocycles. The number of hydrogen-bond donors (Lipinski definition) is 0. The normalized spacial score (nSPS) is 26.0. The molecular weight excluding hydrogens is 102 g/mol. The zero-order chi connectivity index (χ0) is 5.98. The van der Waals surface area contributed by atoms with E-state index in [1.165, 1.54) is 0 Å². The van der Waals surface area contributed by atoms with E-state index in [1.807, 2.05) is 13.1 Å². The summed E-state index contributed by atoms with van der Waals surface area (Å²) >= 11 is 0. The van der Waals surface area contributed by atoms with E-state index in [0.29, 0.717) is 0 Å². The Balaban J connectivity index is 2.49. The lowest BCUT2D eigenvalue weighted by Crippen LogP contribution is -2.10. The Kier molecular flexibility index (Phi) is 1.17. The van der Waals surface area contributed by atoms with Gasteiger partial charge >= 0.3 is 0 Å². The molecule has 1 heterocycles. The third-order valence-electron chi connectivity index (χ3n) is 0.918. The lowest BCUT2D eigenvalue weighted by atomic mass is 10.4. The number of nitrogens with zero attached hydrogens (tertiary/aromatic N) is 3. The molecule has 0 aromatic heterocycles. The monoisotopic (exact) mass is 108 g/mol. The molecule has 8 heavy (non-hydrogen) atoms. The van der Waals surface area contributed by atoms with E-state index in [2.05, 4.69) is 4.99 Å². The van der Waals surface area contributed by atoms with E-state index in [0.717, 1.165) is 0 Å². The molecule has 1 aliphatic heterocycles. The van der Waals surface area contributed by atoms with Crippen LogP contribution in [0, 0.1) is 17.9 Å². The van der Waals surface area contributed by atoms with E-state index in [-0.39, 0.29) is 6.04 Å². The predicted octanol–water partition coefficient (Wildman–Crippen LogP) is 0.0141. The molecule has 0 fully saturated rings. The van der Waals surface area contributed by atoms with Crippen LogP contribution in [-0.2, 0) is 0 Å². The molecule has 0 amide bonds. The van der Waals surface area contributed by atoms with Crippen molar-refractivity contribution in [2.24, 2.45) is 4.99 Å². The molecule has 0 spiro atoms. The number of nitriles is 1. The van der Waals surface area contributed by atoms with Crippen molar-refractivity contribution in [2.45, 2.75) is 6.04 Å². The van der Waals surface area contributed by atoms with Crippen LogP contribution in [-0.4, -0.2) is 24.3 Å². The lowest BCUT2D eigenvalue weighted by Gasteiger charge is -2.01. The van der Waals surface area contributed by atoms with Crippen molar-refractivity contribution in [3.05, 3.63) is 6.54 Å². The third kappa shape index (κ3) is 0.784. The van der Waals surface area contributed by atoms with Crippen molar-refractivity contribution in [3.63, 3.8) is 0 Å². The summed E-state index contributed by atoms with van der Waals surface area (Å²) in [4.78, 5) is 5.59. The lowest BCUT2D eigenvalue weighted by molar-refractivity contribution is 0.635. The van der Waals surface area contributed by atoms with Crippen LogP contribution < -0.4 is 0 Å². The van der Waals surface area contributed by atoms with E-state index >= 15 is 0 Å². The molecule has 1 atom stereocenters. The Morgan fingerprint density at radius 3 is 2.88 bits per heavy atom. The highest BCUT2D eigenvalue weighted by Gasteiger charge is 2.12. The number of rotatable bonds is 0. The summed E-state index contributed by atoms with van der Waals surface area (Å²) in [7, 11) is 1.85. The molecule has 1 radical (unpaired) electrons. The molecule has 0 bridgehead atoms. The SMILES string of the molecule is CN1[CH]C(C#N)N=C1. The molecule has 3 heteroatoms. The van der Waals surface area contributed by atoms with E-state index in [4.69, 9.17) is 5.26 Å². The summed E-state index contributed by atoms with van der Waals surface area (Å²) in [6, 6.07) is 1.75. The van der Waals surface area contributed by atoms with Crippen molar-refractivity contribution >= 4 is 6.34 Å². The molecule has 0 N–H and O–H groups in total. The van der Waals surface area contributed by atoms with Gasteiger partial charge in [0.2, 0.25) is 0 Å². The summed E-state index contributed by atoms with van der Waals surface area (Å²) in [5, 5.41) is 8.26. The van der Waals surface area contributed by atoms with Crippen LogP contribution in [0.5, 0.6) is 0 Å². The van der Waals surface area contributed by atoms with Crippen LogP contribution in [0.4, 0.5) is 0 Å². The Morgan fingerprint density at radius 2 is 2.62 bits per heavy atom. The second kappa shape index (κ2) is 1.83. The molecule has 0 aromatic carbocycles. The van der Waals surface area contributed by atoms with Crippen molar-refractivity contribution in [3.8, 4) is 6.07 Å². The summed E-state index contributed by atoms with van der Waals surface area (Å²) in [6.45, 7) is 1.75. The van der Waals surface area contributed by atoms with Gasteiger partial charge in [-0.25, -0.2) is 0 Å². The summed E-state index contributed by atoms with van der Waals surface area (Å²) in [5.41, 5.74) is 0. The maximum absolute atomic E-state index is 8.26. The first-order valence-corrected chi connectivity index (χ1v) is 2.33. The average Bonchev–Trinajstić information content (AvgIpc) is 2.14. The average molecular weight is 108 g/mol. The molecular formula is C5H6N3. The molecule has 3 nitrogen and oxygen atoms in total. The smallest absolute Gasteiger partial charge is 0.160 e. The zero-order valence-electron chi connectivity index (χ0n) is 4.57. The van der Waals surface area contributed by atoms with E-state index < -0.39 is 0 Å². The fourth-order valence-corrected chi connectivity index (χ4v) is 0.543. The van der Waals surface area contributed by atoms with Crippen LogP contribution in [0.15, 0.2) is 4.99 Å². The van der Waals surface area contributed by atoms with E-state index in [9.17, 15) is 0 Å². The second-order valence-corrected chi connectivity index (χ2v) is 1.65. The van der Waals surface area contributed by atoms with Crippen LogP contribution in [0.3, 0.4) is 0 Å². The highest BCUT2D eigenvalue weighted by Crippen LogP contribution is 2.03. The van der Waals surface area contributed by atoms with Gasteiger partial charge in [0.25, 0.3) is 0 Å². The Labute approximate surface area is 48.2 Å². The van der Waals surface area contributed by atoms with Crippen molar-refractivity contribution in [1.82, 2.24) is 4.90 Å². The fourth-order valence-electron chi connectivity index (χ4n) is 0.543. The number of aliphatic imine (C=N–C) groups is 1. The highest BCUT2D eigenvalue weighted by molar-refractivity contribution is 5.60. The maximum Gasteiger partial charge on any atom is 0.160 e. The van der Waals surface area contributed by atoms with Gasteiger partial charge in [-0.15, -0.1) is 0 Å². The standard InChI is InChI=1S/C5H6N3/c1-8-3-5(2-6)7-4-8/h3-5H,1H3. The molecule has 41 valence electrons. The molecule has 0 aromatic rings. The van der Waals surface area contributed by atoms with Crippen LogP contribution in [0.2, 0.25) is 0 Å². The third-order valence-corrected chi connectivity index (χ3v) is 0.918. The number of hydrogen-bond acceptors (Lipinski definition) is 3. The Hall–Kier alpha value is -1.04. The van der Waals surface area contributed by atoms with Crippen LogP contribution in [0.1, 0.15) is 0 Å². The van der Waals surface area contributed by atoms with Crippen molar-refractivity contribution < 1.29 is 0 Å². The maximum atomic E-state index is 8.26. The number of likely N-dealkylation sites (N-methyl/N-ethyl adjacent to an activating group) is 1. The highest BCUT2D eigenvalue weighted by atomic mass is 15.2. The zero-order valence-corrected chi connectivity index (χ0v) is 4.57. The van der Waals surface area contributed by atoms with Crippen molar-refractivity contribution in [2.75, 3.05) is 7.05 Å². The summed E-state index contributed by atoms with van der Waals surface area (Å²) < 4.78 is 0. The van der Waals surface area contributed by atoms with Crippen molar-refractivity contribution in [1.29, 1.82) is 5.26 Å². The summed E-state index contributed by atoms with van der Waals surface area (Å²) in [5.74, 6) is 0. The van der Waals surface area contributed by atoms with Gasteiger partial charge in [0.15, 0.2) is 6.04 Å². The predicted molar refractivity (Wildman–Crippen MR) is 30.0 cm³/mol. The van der Waals surface area contributed by atoms with Crippen LogP contribution in [0.25, 0.3) is 0 Å². The largest absolute Gasteiger partial charge is 0.358 e. The molecule has 1 rings (SSSR count). The van der Waals surface area contributed by atoms with Gasteiger partial charge in [0.05, 0.1) is 19.0 Å². The van der Waals surface area contributed by atoms with Gasteiger partial charge in [-0.2, -0.15) is 5.26 Å². The quantitative estimate of drug-likeness (QED) is 0.438. The van der Waals surface area contributed by atoms with Gasteiger partial charge in [-0.1, -0.05) is 0 Å². The minimum atomic E-state index is -0.250. The first kappa shape index (κ1) is 5.10. The van der Waals surface area contributed by atoms with E-state index in [1.54, 1.807) is 17.8 Å². The Morgan fingerprint density at radius 1 is 1.88 bits per heavy atom. The van der Waals surface area contributed by atoms with Gasteiger partial charge < -0.3 is 4.90 Å². The first-order chi connectivity index (χ1) is 3.83. The van der Waals surface area contributed by atoms with Gasteiger partial charge in [0, 0.05) is 7.05 Å². The van der Waals surface area contributed by atoms with Gasteiger partial charge in [-0.3, -0.25) is 4.99 Å². The molecule has 1 aliphatic rings. The topological polar surface area (TPSA) is 39.4 Å². The summed E-state index contributed by atoms with van der Waals surface area (Å²) in [6.07, 6.45) is 1.63. The minimum absolute atomic E-state index is 0.250. The Bertz CT molecular complexity index is 144. The fraction of sp³-hybridized carbons (Fsp3) is 0.400. The second-order valence-electron chi connectivity index (χ2n) is 1.65. The molecule has 0 saturated heterocycles. The molecule has 1 unspecified atom stereocenters. The van der Waals surface area contributed by atoms with Gasteiger partial charge in [-0.05, 0) is 0 Å².